The second-order valence-electron chi connectivity index (χ2n) is 7.27. The van der Waals surface area contributed by atoms with Crippen molar-refractivity contribution in [3.05, 3.63) is 0 Å². The van der Waals surface area contributed by atoms with Crippen LogP contribution in [0.25, 0.3) is 0 Å². The molecule has 1 aliphatic carbocycles. The van der Waals surface area contributed by atoms with Crippen LogP contribution in [-0.4, -0.2) is 37.6 Å². The third-order valence-electron chi connectivity index (χ3n) is 5.60. The number of likely N-dealkylation sites (tertiary alicyclic amines) is 1. The van der Waals surface area contributed by atoms with Crippen LogP contribution in [0, 0.1) is 17.3 Å². The number of hydrogen-bond donors (Lipinski definition) is 1. The molecule has 0 aromatic rings. The van der Waals surface area contributed by atoms with Gasteiger partial charge in [0.25, 0.3) is 0 Å². The number of rotatable bonds is 4. The van der Waals surface area contributed by atoms with Gasteiger partial charge in [-0.25, -0.2) is 0 Å². The Balaban J connectivity index is 1.60. The Labute approximate surface area is 113 Å². The predicted octanol–water partition coefficient (Wildman–Crippen LogP) is 2.89. The van der Waals surface area contributed by atoms with Crippen molar-refractivity contribution in [2.75, 3.05) is 32.7 Å². The van der Waals surface area contributed by atoms with Gasteiger partial charge in [-0.3, -0.25) is 0 Å². The largest absolute Gasteiger partial charge is 0.316 e. The lowest BCUT2D eigenvalue weighted by molar-refractivity contribution is 0.0500. The van der Waals surface area contributed by atoms with E-state index in [-0.39, 0.29) is 0 Å². The highest BCUT2D eigenvalue weighted by Crippen LogP contribution is 2.38. The van der Waals surface area contributed by atoms with Crippen LogP contribution in [0.1, 0.15) is 51.9 Å². The van der Waals surface area contributed by atoms with Crippen molar-refractivity contribution >= 4 is 0 Å². The molecule has 0 aromatic heterocycles. The predicted molar refractivity (Wildman–Crippen MR) is 76.7 cm³/mol. The molecule has 3 fully saturated rings. The lowest BCUT2D eigenvalue weighted by atomic mass is 9.76. The van der Waals surface area contributed by atoms with Crippen LogP contribution in [0.2, 0.25) is 0 Å². The Morgan fingerprint density at radius 3 is 2.61 bits per heavy atom. The molecule has 0 spiro atoms. The Morgan fingerprint density at radius 2 is 2.00 bits per heavy atom. The van der Waals surface area contributed by atoms with E-state index < -0.39 is 0 Å². The first kappa shape index (κ1) is 12.9. The minimum absolute atomic E-state index is 0.611. The number of nitrogens with one attached hydrogen (secondary N) is 1. The fourth-order valence-electron chi connectivity index (χ4n) is 4.90. The Kier molecular flexibility index (Phi) is 3.95. The maximum Gasteiger partial charge on any atom is 0.00508 e. The van der Waals surface area contributed by atoms with E-state index in [1.165, 1.54) is 77.7 Å². The van der Waals surface area contributed by atoms with Gasteiger partial charge in [-0.05, 0) is 55.9 Å². The maximum atomic E-state index is 3.61. The molecule has 0 amide bonds. The zero-order valence-electron chi connectivity index (χ0n) is 12.1. The quantitative estimate of drug-likeness (QED) is 0.825. The molecule has 1 saturated carbocycles. The standard InChI is InChI=1S/C16H30N2/c1-2-6-16(7-8-17-12-16)13-18-10-14-4-3-5-15(9-14)11-18/h14-15,17H,2-13H2,1H3. The molecule has 2 saturated heterocycles. The van der Waals surface area contributed by atoms with Crippen molar-refractivity contribution in [2.24, 2.45) is 17.3 Å². The molecule has 2 nitrogen and oxygen atoms in total. The number of nitrogens with zero attached hydrogens (tertiary/aromatic N) is 1. The number of hydrogen-bond acceptors (Lipinski definition) is 2. The third kappa shape index (κ3) is 2.75. The fraction of sp³-hybridized carbons (Fsp3) is 1.00. The van der Waals surface area contributed by atoms with Crippen LogP contribution in [0.4, 0.5) is 0 Å². The number of piperidine rings is 1. The SMILES string of the molecule is CCCC1(CN2CC3CCCC(C3)C2)CCNC1. The molecule has 18 heavy (non-hydrogen) atoms. The van der Waals surface area contributed by atoms with E-state index in [4.69, 9.17) is 0 Å². The van der Waals surface area contributed by atoms with E-state index in [0.29, 0.717) is 5.41 Å². The molecule has 3 atom stereocenters. The molecule has 2 bridgehead atoms. The minimum Gasteiger partial charge on any atom is -0.316 e. The molecule has 1 N–H and O–H groups in total. The maximum absolute atomic E-state index is 3.61. The molecule has 104 valence electrons. The van der Waals surface area contributed by atoms with E-state index in [0.717, 1.165) is 11.8 Å². The second kappa shape index (κ2) is 5.50. The average Bonchev–Trinajstić information content (AvgIpc) is 2.77. The molecule has 2 heteroatoms. The van der Waals surface area contributed by atoms with Crippen molar-refractivity contribution in [3.8, 4) is 0 Å². The van der Waals surface area contributed by atoms with Gasteiger partial charge in [-0.1, -0.05) is 19.8 Å². The van der Waals surface area contributed by atoms with Crippen LogP contribution in [0.3, 0.4) is 0 Å². The van der Waals surface area contributed by atoms with Crippen LogP contribution in [0.15, 0.2) is 0 Å². The summed E-state index contributed by atoms with van der Waals surface area (Å²) in [6.07, 6.45) is 10.2. The van der Waals surface area contributed by atoms with Gasteiger partial charge >= 0.3 is 0 Å². The van der Waals surface area contributed by atoms with Crippen molar-refractivity contribution in [3.63, 3.8) is 0 Å². The minimum atomic E-state index is 0.611. The van der Waals surface area contributed by atoms with Crippen molar-refractivity contribution in [2.45, 2.75) is 51.9 Å². The van der Waals surface area contributed by atoms with E-state index in [1.807, 2.05) is 0 Å². The first-order chi connectivity index (χ1) is 8.80. The van der Waals surface area contributed by atoms with Crippen molar-refractivity contribution in [1.29, 1.82) is 0 Å². The smallest absolute Gasteiger partial charge is 0.00508 e. The van der Waals surface area contributed by atoms with Crippen LogP contribution in [0.5, 0.6) is 0 Å². The van der Waals surface area contributed by atoms with Gasteiger partial charge in [0.1, 0.15) is 0 Å². The topological polar surface area (TPSA) is 15.3 Å². The van der Waals surface area contributed by atoms with E-state index in [2.05, 4.69) is 17.1 Å². The monoisotopic (exact) mass is 250 g/mol. The van der Waals surface area contributed by atoms with Gasteiger partial charge in [0.15, 0.2) is 0 Å². The van der Waals surface area contributed by atoms with Gasteiger partial charge < -0.3 is 10.2 Å². The second-order valence-corrected chi connectivity index (χ2v) is 7.27. The highest BCUT2D eigenvalue weighted by Gasteiger charge is 2.38. The lowest BCUT2D eigenvalue weighted by Gasteiger charge is -2.44. The molecular formula is C16H30N2. The van der Waals surface area contributed by atoms with Gasteiger partial charge in [-0.2, -0.15) is 0 Å². The molecule has 3 unspecified atom stereocenters. The van der Waals surface area contributed by atoms with Crippen molar-refractivity contribution in [1.82, 2.24) is 10.2 Å². The highest BCUT2D eigenvalue weighted by molar-refractivity contribution is 4.93. The molecule has 3 aliphatic rings. The first-order valence-electron chi connectivity index (χ1n) is 8.23. The summed E-state index contributed by atoms with van der Waals surface area (Å²) in [5.41, 5.74) is 0.611. The summed E-state index contributed by atoms with van der Waals surface area (Å²) in [6, 6.07) is 0. The molecular weight excluding hydrogens is 220 g/mol. The van der Waals surface area contributed by atoms with E-state index >= 15 is 0 Å². The summed E-state index contributed by atoms with van der Waals surface area (Å²) < 4.78 is 0. The summed E-state index contributed by atoms with van der Waals surface area (Å²) >= 11 is 0. The first-order valence-corrected chi connectivity index (χ1v) is 8.23. The Bertz CT molecular complexity index is 258. The summed E-state index contributed by atoms with van der Waals surface area (Å²) in [5.74, 6) is 2.07. The molecule has 0 radical (unpaired) electrons. The summed E-state index contributed by atoms with van der Waals surface area (Å²) in [6.45, 7) is 9.06. The average molecular weight is 250 g/mol. The molecule has 0 aromatic carbocycles. The number of fused-ring (bicyclic) bond motifs is 2. The zero-order valence-corrected chi connectivity index (χ0v) is 12.1. The summed E-state index contributed by atoms with van der Waals surface area (Å²) in [5, 5.41) is 3.61. The van der Waals surface area contributed by atoms with Gasteiger partial charge in [0.05, 0.1) is 0 Å². The van der Waals surface area contributed by atoms with Crippen molar-refractivity contribution < 1.29 is 0 Å². The third-order valence-corrected chi connectivity index (χ3v) is 5.60. The van der Waals surface area contributed by atoms with Crippen LogP contribution >= 0.6 is 0 Å². The Morgan fingerprint density at radius 1 is 1.22 bits per heavy atom. The summed E-state index contributed by atoms with van der Waals surface area (Å²) in [4.78, 5) is 2.83. The molecule has 2 aliphatic heterocycles. The molecule has 3 rings (SSSR count). The summed E-state index contributed by atoms with van der Waals surface area (Å²) in [7, 11) is 0. The van der Waals surface area contributed by atoms with E-state index in [9.17, 15) is 0 Å². The molecule has 2 heterocycles. The zero-order chi connectivity index (χ0) is 12.4. The van der Waals surface area contributed by atoms with Gasteiger partial charge in [0, 0.05) is 26.2 Å². The Hall–Kier alpha value is -0.0800. The van der Waals surface area contributed by atoms with Crippen LogP contribution < -0.4 is 5.32 Å². The lowest BCUT2D eigenvalue weighted by Crippen LogP contribution is -2.48. The van der Waals surface area contributed by atoms with E-state index in [1.54, 1.807) is 0 Å². The van der Waals surface area contributed by atoms with Gasteiger partial charge in [-0.15, -0.1) is 0 Å². The normalized spacial score (nSPS) is 41.2. The fourth-order valence-corrected chi connectivity index (χ4v) is 4.90. The van der Waals surface area contributed by atoms with Gasteiger partial charge in [0.2, 0.25) is 0 Å². The van der Waals surface area contributed by atoms with Crippen LogP contribution in [-0.2, 0) is 0 Å². The highest BCUT2D eigenvalue weighted by atomic mass is 15.2.